The van der Waals surface area contributed by atoms with Crippen LogP contribution in [0, 0.1) is 23.2 Å². The first-order chi connectivity index (χ1) is 6.77. The maximum absolute atomic E-state index is 11.3. The van der Waals surface area contributed by atoms with Crippen LogP contribution >= 0.6 is 0 Å². The zero-order valence-corrected chi connectivity index (χ0v) is 7.87. The molecule has 1 rings (SSSR count). The molecule has 0 aromatic heterocycles. The van der Waals surface area contributed by atoms with Crippen molar-refractivity contribution in [1.29, 1.82) is 5.26 Å². The number of Topliss-reactive ketones (excluding diaryl/α,β-unsaturated/α-hetero) is 1. The number of hydrogen-bond acceptors (Lipinski definition) is 2. The Balaban J connectivity index is 3.02. The molecule has 0 heterocycles. The summed E-state index contributed by atoms with van der Waals surface area (Å²) in [5.41, 5.74) is 1.35. The van der Waals surface area contributed by atoms with Gasteiger partial charge in [0.15, 0.2) is 11.9 Å². The van der Waals surface area contributed by atoms with Crippen LogP contribution in [-0.2, 0) is 0 Å². The first kappa shape index (κ1) is 10.0. The summed E-state index contributed by atoms with van der Waals surface area (Å²) in [4.78, 5) is 11.3. The van der Waals surface area contributed by atoms with Gasteiger partial charge in [-0.3, -0.25) is 4.79 Å². The van der Waals surface area contributed by atoms with Crippen LogP contribution in [0.4, 0.5) is 0 Å². The molecule has 2 nitrogen and oxygen atoms in total. The van der Waals surface area contributed by atoms with E-state index < -0.39 is 0 Å². The van der Waals surface area contributed by atoms with Crippen LogP contribution in [-0.4, -0.2) is 5.78 Å². The lowest BCUT2D eigenvalue weighted by molar-refractivity contribution is 0.0988. The van der Waals surface area contributed by atoms with Gasteiger partial charge in [0.25, 0.3) is 0 Å². The van der Waals surface area contributed by atoms with Crippen molar-refractivity contribution in [1.82, 2.24) is 0 Å². The van der Waals surface area contributed by atoms with E-state index >= 15 is 0 Å². The van der Waals surface area contributed by atoms with Gasteiger partial charge in [-0.2, -0.15) is 5.26 Å². The summed E-state index contributed by atoms with van der Waals surface area (Å²) in [6.07, 6.45) is 0.481. The molecule has 14 heavy (non-hydrogen) atoms. The third-order valence-electron chi connectivity index (χ3n) is 1.77. The van der Waals surface area contributed by atoms with Gasteiger partial charge in [0.1, 0.15) is 0 Å². The van der Waals surface area contributed by atoms with Crippen LogP contribution in [0.15, 0.2) is 24.3 Å². The minimum Gasteiger partial charge on any atom is -0.294 e. The number of nitrogens with zero attached hydrogens (tertiary/aromatic N) is 1. The molecule has 0 unspecified atom stereocenters. The lowest BCUT2D eigenvalue weighted by Gasteiger charge is -1.97. The SMILES string of the molecule is CCC(=O)c1cccc(C#CC#N)c1. The molecule has 1 aromatic rings. The van der Waals surface area contributed by atoms with Crippen molar-refractivity contribution in [2.24, 2.45) is 0 Å². The number of hydrogen-bond donors (Lipinski definition) is 0. The Bertz CT molecular complexity index is 443. The van der Waals surface area contributed by atoms with E-state index in [0.29, 0.717) is 17.5 Å². The fourth-order valence-electron chi connectivity index (χ4n) is 1.07. The van der Waals surface area contributed by atoms with E-state index in [2.05, 4.69) is 11.8 Å². The van der Waals surface area contributed by atoms with Crippen LogP contribution in [0.5, 0.6) is 0 Å². The maximum Gasteiger partial charge on any atom is 0.162 e. The molecule has 0 aliphatic carbocycles. The monoisotopic (exact) mass is 183 g/mol. The predicted molar refractivity (Wildman–Crippen MR) is 53.6 cm³/mol. The van der Waals surface area contributed by atoms with Gasteiger partial charge in [-0.15, -0.1) is 0 Å². The van der Waals surface area contributed by atoms with Gasteiger partial charge < -0.3 is 0 Å². The van der Waals surface area contributed by atoms with Gasteiger partial charge >= 0.3 is 0 Å². The fourth-order valence-corrected chi connectivity index (χ4v) is 1.07. The van der Waals surface area contributed by atoms with E-state index in [1.807, 2.05) is 6.92 Å². The predicted octanol–water partition coefficient (Wildman–Crippen LogP) is 2.15. The highest BCUT2D eigenvalue weighted by Gasteiger charge is 2.01. The van der Waals surface area contributed by atoms with Crippen LogP contribution in [0.2, 0.25) is 0 Å². The molecule has 0 saturated heterocycles. The van der Waals surface area contributed by atoms with Crippen molar-refractivity contribution in [2.75, 3.05) is 0 Å². The molecule has 68 valence electrons. The summed E-state index contributed by atoms with van der Waals surface area (Å²) >= 11 is 0. The van der Waals surface area contributed by atoms with Gasteiger partial charge in [-0.1, -0.05) is 25.0 Å². The van der Waals surface area contributed by atoms with E-state index in [-0.39, 0.29) is 5.78 Å². The summed E-state index contributed by atoms with van der Waals surface area (Å²) in [7, 11) is 0. The standard InChI is InChI=1S/C12H9NO/c1-2-12(14)11-7-3-5-10(9-11)6-4-8-13/h3,5,7,9H,2H2,1H3. The van der Waals surface area contributed by atoms with Gasteiger partial charge in [-0.25, -0.2) is 0 Å². The molecule has 1 aromatic carbocycles. The first-order valence-electron chi connectivity index (χ1n) is 4.31. The van der Waals surface area contributed by atoms with Crippen LogP contribution < -0.4 is 0 Å². The first-order valence-corrected chi connectivity index (χ1v) is 4.31. The van der Waals surface area contributed by atoms with Crippen molar-refractivity contribution < 1.29 is 4.79 Å². The molecule has 0 N–H and O–H groups in total. The number of benzene rings is 1. The molecule has 0 spiro atoms. The third-order valence-corrected chi connectivity index (χ3v) is 1.77. The molecule has 0 aliphatic heterocycles. The Morgan fingerprint density at radius 1 is 1.50 bits per heavy atom. The average Bonchev–Trinajstić information content (AvgIpc) is 2.25. The fraction of sp³-hybridized carbons (Fsp3) is 0.167. The molecule has 0 radical (unpaired) electrons. The van der Waals surface area contributed by atoms with Gasteiger partial charge in [0.2, 0.25) is 0 Å². The lowest BCUT2D eigenvalue weighted by Crippen LogP contribution is -1.96. The van der Waals surface area contributed by atoms with Crippen molar-refractivity contribution in [3.63, 3.8) is 0 Å². The molecule has 0 amide bonds. The topological polar surface area (TPSA) is 40.9 Å². The van der Waals surface area contributed by atoms with E-state index in [1.165, 1.54) is 0 Å². The van der Waals surface area contributed by atoms with E-state index in [0.717, 1.165) is 0 Å². The van der Waals surface area contributed by atoms with Gasteiger partial charge in [0, 0.05) is 23.5 Å². The molecule has 0 fully saturated rings. The summed E-state index contributed by atoms with van der Waals surface area (Å²) in [6, 6.07) is 8.73. The highest BCUT2D eigenvalue weighted by atomic mass is 16.1. The summed E-state index contributed by atoms with van der Waals surface area (Å²) in [5, 5.41) is 8.26. The molecule has 2 heteroatoms. The Labute approximate surface area is 83.2 Å². The quantitative estimate of drug-likeness (QED) is 0.520. The minimum atomic E-state index is 0.0885. The third kappa shape index (κ3) is 2.47. The highest BCUT2D eigenvalue weighted by molar-refractivity contribution is 5.96. The second-order valence-electron chi connectivity index (χ2n) is 2.72. The smallest absolute Gasteiger partial charge is 0.162 e. The second kappa shape index (κ2) is 4.84. The number of nitriles is 1. The zero-order chi connectivity index (χ0) is 10.4. The van der Waals surface area contributed by atoms with Crippen molar-refractivity contribution >= 4 is 5.78 Å². The van der Waals surface area contributed by atoms with Crippen molar-refractivity contribution in [3.05, 3.63) is 35.4 Å². The van der Waals surface area contributed by atoms with Crippen LogP contribution in [0.1, 0.15) is 29.3 Å². The Hall–Kier alpha value is -2.06. The zero-order valence-electron chi connectivity index (χ0n) is 7.87. The highest BCUT2D eigenvalue weighted by Crippen LogP contribution is 2.06. The summed E-state index contributed by atoms with van der Waals surface area (Å²) in [5.74, 6) is 5.03. The lowest BCUT2D eigenvalue weighted by atomic mass is 10.1. The summed E-state index contributed by atoms with van der Waals surface area (Å²) < 4.78 is 0. The van der Waals surface area contributed by atoms with Crippen molar-refractivity contribution in [3.8, 4) is 17.9 Å². The molecular weight excluding hydrogens is 174 g/mol. The largest absolute Gasteiger partial charge is 0.294 e. The second-order valence-corrected chi connectivity index (χ2v) is 2.72. The van der Waals surface area contributed by atoms with Crippen LogP contribution in [0.3, 0.4) is 0 Å². The average molecular weight is 183 g/mol. The summed E-state index contributed by atoms with van der Waals surface area (Å²) in [6.45, 7) is 1.82. The van der Waals surface area contributed by atoms with Gasteiger partial charge in [0.05, 0.1) is 0 Å². The number of rotatable bonds is 2. The van der Waals surface area contributed by atoms with Crippen LogP contribution in [0.25, 0.3) is 0 Å². The minimum absolute atomic E-state index is 0.0885. The molecule has 0 aliphatic rings. The van der Waals surface area contributed by atoms with E-state index in [4.69, 9.17) is 5.26 Å². The maximum atomic E-state index is 11.3. The Morgan fingerprint density at radius 3 is 2.93 bits per heavy atom. The normalized spacial score (nSPS) is 8.29. The Kier molecular flexibility index (Phi) is 3.47. The molecule has 0 bridgehead atoms. The van der Waals surface area contributed by atoms with Gasteiger partial charge in [-0.05, 0) is 12.1 Å². The molecule has 0 saturated carbocycles. The number of ketones is 1. The molecular formula is C12H9NO. The number of carbonyl (C=O) groups is 1. The van der Waals surface area contributed by atoms with Crippen molar-refractivity contribution in [2.45, 2.75) is 13.3 Å². The van der Waals surface area contributed by atoms with E-state index in [1.54, 1.807) is 30.3 Å². The Morgan fingerprint density at radius 2 is 2.29 bits per heavy atom. The number of carbonyl (C=O) groups excluding carboxylic acids is 1. The molecule has 0 atom stereocenters. The van der Waals surface area contributed by atoms with E-state index in [9.17, 15) is 4.79 Å².